The highest BCUT2D eigenvalue weighted by atomic mass is 16.5. The predicted molar refractivity (Wildman–Crippen MR) is 77.1 cm³/mol. The maximum Gasteiger partial charge on any atom is 0.332 e. The molecule has 0 radical (unpaired) electrons. The number of carboxylic acid groups (broad SMARTS) is 1. The van der Waals surface area contributed by atoms with Crippen molar-refractivity contribution >= 4 is 12.0 Å². The van der Waals surface area contributed by atoms with Crippen molar-refractivity contribution in [3.63, 3.8) is 0 Å². The van der Waals surface area contributed by atoms with Gasteiger partial charge in [-0.05, 0) is 24.8 Å². The van der Waals surface area contributed by atoms with E-state index in [4.69, 9.17) is 9.84 Å². The molecule has 21 heavy (non-hydrogen) atoms. The third-order valence-corrected chi connectivity index (χ3v) is 3.42. The van der Waals surface area contributed by atoms with Gasteiger partial charge < -0.3 is 20.5 Å². The normalized spacial score (nSPS) is 21.0. The lowest BCUT2D eigenvalue weighted by molar-refractivity contribution is -0.149. The molecule has 1 saturated heterocycles. The Morgan fingerprint density at radius 2 is 1.95 bits per heavy atom. The van der Waals surface area contributed by atoms with Crippen molar-refractivity contribution < 1.29 is 19.4 Å². The van der Waals surface area contributed by atoms with Crippen LogP contribution >= 0.6 is 0 Å². The molecule has 0 spiro atoms. The van der Waals surface area contributed by atoms with E-state index in [1.807, 2.05) is 30.3 Å². The van der Waals surface area contributed by atoms with Crippen LogP contribution in [0.25, 0.3) is 0 Å². The van der Waals surface area contributed by atoms with Gasteiger partial charge in [0.25, 0.3) is 0 Å². The first-order valence-corrected chi connectivity index (χ1v) is 7.09. The summed E-state index contributed by atoms with van der Waals surface area (Å²) in [5.41, 5.74) is 1.17. The molecule has 1 fully saturated rings. The number of nitrogens with one attached hydrogen (secondary N) is 2. The first kappa shape index (κ1) is 15.3. The van der Waals surface area contributed by atoms with Gasteiger partial charge in [-0.15, -0.1) is 0 Å². The topological polar surface area (TPSA) is 87.7 Å². The summed E-state index contributed by atoms with van der Waals surface area (Å²) in [6, 6.07) is 9.65. The molecule has 1 aliphatic heterocycles. The van der Waals surface area contributed by atoms with E-state index in [1.54, 1.807) is 0 Å². The highest BCUT2D eigenvalue weighted by Crippen LogP contribution is 2.19. The summed E-state index contributed by atoms with van der Waals surface area (Å²) in [4.78, 5) is 22.3. The first-order valence-electron chi connectivity index (χ1n) is 7.09. The molecule has 6 heteroatoms. The molecule has 0 aliphatic carbocycles. The molecule has 6 nitrogen and oxygen atoms in total. The Morgan fingerprint density at radius 3 is 2.62 bits per heavy atom. The predicted octanol–water partition coefficient (Wildman–Crippen LogP) is 1.16. The minimum absolute atomic E-state index is 0.217. The van der Waals surface area contributed by atoms with Gasteiger partial charge in [-0.25, -0.2) is 9.59 Å². The zero-order valence-corrected chi connectivity index (χ0v) is 11.7. The van der Waals surface area contributed by atoms with Crippen LogP contribution in [0.15, 0.2) is 30.3 Å². The Balaban J connectivity index is 1.59. The molecule has 3 N–H and O–H groups in total. The van der Waals surface area contributed by atoms with Gasteiger partial charge in [0.2, 0.25) is 0 Å². The van der Waals surface area contributed by atoms with Crippen molar-refractivity contribution in [3.8, 4) is 0 Å². The van der Waals surface area contributed by atoms with Gasteiger partial charge in [-0.3, -0.25) is 0 Å². The molecule has 0 bridgehead atoms. The zero-order valence-electron chi connectivity index (χ0n) is 11.7. The molecule has 1 aliphatic rings. The number of aliphatic carboxylic acids is 1. The molecule has 1 aromatic rings. The van der Waals surface area contributed by atoms with Gasteiger partial charge >= 0.3 is 12.0 Å². The molecule has 1 heterocycles. The van der Waals surface area contributed by atoms with Crippen LogP contribution in [0.5, 0.6) is 0 Å². The number of carboxylic acids is 1. The van der Waals surface area contributed by atoms with E-state index in [0.717, 1.165) is 6.42 Å². The van der Waals surface area contributed by atoms with Gasteiger partial charge in [-0.2, -0.15) is 0 Å². The lowest BCUT2D eigenvalue weighted by atomic mass is 10.1. The van der Waals surface area contributed by atoms with Crippen molar-refractivity contribution in [2.45, 2.75) is 31.5 Å². The van der Waals surface area contributed by atoms with Crippen molar-refractivity contribution in [1.29, 1.82) is 0 Å². The summed E-state index contributed by atoms with van der Waals surface area (Å²) in [5.74, 6) is -0.940. The number of carbonyl (C=O) groups excluding carboxylic acids is 1. The monoisotopic (exact) mass is 292 g/mol. The minimum Gasteiger partial charge on any atom is -0.479 e. The van der Waals surface area contributed by atoms with Crippen LogP contribution in [0, 0.1) is 0 Å². The van der Waals surface area contributed by atoms with Crippen LogP contribution in [-0.4, -0.2) is 42.4 Å². The van der Waals surface area contributed by atoms with Crippen LogP contribution in [-0.2, 0) is 16.0 Å². The van der Waals surface area contributed by atoms with Crippen molar-refractivity contribution in [3.05, 3.63) is 35.9 Å². The molecule has 114 valence electrons. The number of rotatable bonds is 6. The van der Waals surface area contributed by atoms with Gasteiger partial charge in [-0.1, -0.05) is 30.3 Å². The molecule has 2 unspecified atom stereocenters. The summed E-state index contributed by atoms with van der Waals surface area (Å²) in [6.07, 6.45) is 0.970. The number of hydrogen-bond acceptors (Lipinski definition) is 3. The SMILES string of the molecule is O=C(NCCc1ccccc1)NCC1CCC(C(=O)O)O1. The Morgan fingerprint density at radius 1 is 1.19 bits per heavy atom. The van der Waals surface area contributed by atoms with Crippen LogP contribution in [0.3, 0.4) is 0 Å². The second kappa shape index (κ2) is 7.64. The number of ether oxygens (including phenoxy) is 1. The number of amides is 2. The molecular formula is C15H20N2O4. The largest absolute Gasteiger partial charge is 0.479 e. The van der Waals surface area contributed by atoms with Crippen molar-refractivity contribution in [1.82, 2.24) is 10.6 Å². The summed E-state index contributed by atoms with van der Waals surface area (Å²) < 4.78 is 5.31. The van der Waals surface area contributed by atoms with Gasteiger partial charge in [0.05, 0.1) is 6.10 Å². The zero-order chi connectivity index (χ0) is 15.1. The molecule has 1 aromatic carbocycles. The van der Waals surface area contributed by atoms with Crippen LogP contribution in [0.4, 0.5) is 4.79 Å². The fraction of sp³-hybridized carbons (Fsp3) is 0.467. The molecule has 2 rings (SSSR count). The molecule has 0 aromatic heterocycles. The quantitative estimate of drug-likeness (QED) is 0.734. The Labute approximate surface area is 123 Å². The molecule has 2 amide bonds. The van der Waals surface area contributed by atoms with Crippen molar-refractivity contribution in [2.24, 2.45) is 0 Å². The number of benzene rings is 1. The van der Waals surface area contributed by atoms with E-state index in [0.29, 0.717) is 25.9 Å². The lowest BCUT2D eigenvalue weighted by Crippen LogP contribution is -2.40. The second-order valence-corrected chi connectivity index (χ2v) is 5.03. The molecule has 0 saturated carbocycles. The Hall–Kier alpha value is -2.08. The number of hydrogen-bond donors (Lipinski definition) is 3. The van der Waals surface area contributed by atoms with Crippen molar-refractivity contribution in [2.75, 3.05) is 13.1 Å². The number of urea groups is 1. The second-order valence-electron chi connectivity index (χ2n) is 5.03. The average Bonchev–Trinajstić information content (AvgIpc) is 2.95. The van der Waals surface area contributed by atoms with E-state index < -0.39 is 12.1 Å². The Bertz CT molecular complexity index is 478. The average molecular weight is 292 g/mol. The fourth-order valence-corrected chi connectivity index (χ4v) is 2.27. The third kappa shape index (κ3) is 5.07. The van der Waals surface area contributed by atoms with E-state index >= 15 is 0 Å². The van der Waals surface area contributed by atoms with E-state index in [2.05, 4.69) is 10.6 Å². The first-order chi connectivity index (χ1) is 10.1. The molecular weight excluding hydrogens is 272 g/mol. The van der Waals surface area contributed by atoms with E-state index in [9.17, 15) is 9.59 Å². The van der Waals surface area contributed by atoms with Gasteiger partial charge in [0.1, 0.15) is 0 Å². The highest BCUT2D eigenvalue weighted by molar-refractivity contribution is 5.74. The highest BCUT2D eigenvalue weighted by Gasteiger charge is 2.30. The van der Waals surface area contributed by atoms with E-state index in [1.165, 1.54) is 5.56 Å². The van der Waals surface area contributed by atoms with Crippen LogP contribution in [0.2, 0.25) is 0 Å². The van der Waals surface area contributed by atoms with Crippen LogP contribution < -0.4 is 10.6 Å². The standard InChI is InChI=1S/C15H20N2O4/c18-14(19)13-7-6-12(21-13)10-17-15(20)16-9-8-11-4-2-1-3-5-11/h1-5,12-13H,6-10H2,(H,18,19)(H2,16,17,20). The van der Waals surface area contributed by atoms with Gasteiger partial charge in [0.15, 0.2) is 6.10 Å². The Kier molecular flexibility index (Phi) is 5.57. The van der Waals surface area contributed by atoms with E-state index in [-0.39, 0.29) is 12.1 Å². The van der Waals surface area contributed by atoms with Crippen LogP contribution in [0.1, 0.15) is 18.4 Å². The number of carbonyl (C=O) groups is 2. The summed E-state index contributed by atoms with van der Waals surface area (Å²) in [7, 11) is 0. The minimum atomic E-state index is -0.940. The van der Waals surface area contributed by atoms with Gasteiger partial charge in [0, 0.05) is 13.1 Å². The summed E-state index contributed by atoms with van der Waals surface area (Å²) in [5, 5.41) is 14.3. The fourth-order valence-electron chi connectivity index (χ4n) is 2.27. The maximum absolute atomic E-state index is 11.6. The maximum atomic E-state index is 11.6. The molecule has 2 atom stereocenters. The summed E-state index contributed by atoms with van der Waals surface area (Å²) in [6.45, 7) is 0.889. The third-order valence-electron chi connectivity index (χ3n) is 3.42. The summed E-state index contributed by atoms with van der Waals surface area (Å²) >= 11 is 0. The smallest absolute Gasteiger partial charge is 0.332 e. The lowest BCUT2D eigenvalue weighted by Gasteiger charge is -2.13.